The SMILES string of the molecule is CS(=O)(=O)c1ccc2nc(-c3ccccn3)[nH]c2c1.Cc1ccc2nc(-c3ccccn3)[nH]c2c1.Fc1cc2nc(-c3ccccn3)[nH]c2cc1F.OCc1cc2nc(-c3ccccn3)[nH]c2cc1CO.SCc1ccc2nc(-c3ccccn3)[nH]c2c1. The Morgan fingerprint density at radius 2 is 0.761 bits per heavy atom. The van der Waals surface area contributed by atoms with Crippen LogP contribution in [-0.2, 0) is 28.8 Å². The third-order valence-corrected chi connectivity index (χ3v) is 14.9. The molecule has 15 rings (SSSR count). The average Bonchev–Trinajstić information content (AvgIpc) is 3.28. The Hall–Kier alpha value is -10.7. The summed E-state index contributed by atoms with van der Waals surface area (Å²) in [7, 11) is -3.21. The van der Waals surface area contributed by atoms with Gasteiger partial charge in [-0.25, -0.2) is 42.1 Å². The average molecular weight is 1210 g/mol. The summed E-state index contributed by atoms with van der Waals surface area (Å²) in [5.74, 6) is 2.35. The second kappa shape index (κ2) is 26.7. The summed E-state index contributed by atoms with van der Waals surface area (Å²) in [6.45, 7) is 1.85. The van der Waals surface area contributed by atoms with Crippen LogP contribution >= 0.6 is 12.6 Å². The molecule has 0 aliphatic rings. The lowest BCUT2D eigenvalue weighted by atomic mass is 10.1. The highest BCUT2D eigenvalue weighted by Crippen LogP contribution is 2.26. The maximum atomic E-state index is 13.0. The number of rotatable bonds is 9. The molecule has 0 radical (unpaired) electrons. The van der Waals surface area contributed by atoms with Crippen molar-refractivity contribution in [3.8, 4) is 57.6 Å². The van der Waals surface area contributed by atoms with E-state index < -0.39 is 21.5 Å². The van der Waals surface area contributed by atoms with Gasteiger partial charge in [0, 0.05) is 55.1 Å². The van der Waals surface area contributed by atoms with E-state index in [0.29, 0.717) is 56.4 Å². The lowest BCUT2D eigenvalue weighted by molar-refractivity contribution is 0.260. The first-order valence-electron chi connectivity index (χ1n) is 27.2. The molecule has 0 spiro atoms. The Morgan fingerprint density at radius 3 is 1.17 bits per heavy atom. The highest BCUT2D eigenvalue weighted by molar-refractivity contribution is 7.90. The second-order valence-electron chi connectivity index (χ2n) is 19.7. The molecule has 23 heteroatoms. The minimum atomic E-state index is -3.21. The molecule has 0 unspecified atom stereocenters. The number of nitrogens with zero attached hydrogens (tertiary/aromatic N) is 10. The first-order chi connectivity index (χ1) is 42.8. The van der Waals surface area contributed by atoms with E-state index in [1.165, 1.54) is 17.4 Å². The predicted molar refractivity (Wildman–Crippen MR) is 339 cm³/mol. The first kappa shape index (κ1) is 59.0. The summed E-state index contributed by atoms with van der Waals surface area (Å²) in [6.07, 6.45) is 9.74. The Bertz CT molecular complexity index is 4880. The number of sulfone groups is 1. The fraction of sp³-hybridized carbons (Fsp3) is 0.0769. The van der Waals surface area contributed by atoms with Crippen LogP contribution in [0.2, 0.25) is 0 Å². The van der Waals surface area contributed by atoms with Crippen LogP contribution in [0.25, 0.3) is 113 Å². The van der Waals surface area contributed by atoms with Gasteiger partial charge in [0.25, 0.3) is 0 Å². The van der Waals surface area contributed by atoms with Gasteiger partial charge in [-0.15, -0.1) is 0 Å². The molecule has 0 bridgehead atoms. The summed E-state index contributed by atoms with van der Waals surface area (Å²) >= 11 is 4.27. The zero-order valence-electron chi connectivity index (χ0n) is 47.0. The molecule has 7 N–H and O–H groups in total. The third-order valence-electron chi connectivity index (χ3n) is 13.5. The molecule has 0 fully saturated rings. The maximum Gasteiger partial charge on any atom is 0.175 e. The monoisotopic (exact) mass is 1210 g/mol. The van der Waals surface area contributed by atoms with Gasteiger partial charge in [0.15, 0.2) is 50.6 Å². The molecule has 438 valence electrons. The number of aromatic amines is 5. The van der Waals surface area contributed by atoms with Gasteiger partial charge in [0.1, 0.15) is 28.5 Å². The summed E-state index contributed by atoms with van der Waals surface area (Å²) in [6, 6.07) is 51.0. The molecule has 0 atom stereocenters. The number of pyridine rings is 5. The van der Waals surface area contributed by atoms with Crippen molar-refractivity contribution in [1.29, 1.82) is 0 Å². The molecule has 19 nitrogen and oxygen atoms in total. The van der Waals surface area contributed by atoms with Gasteiger partial charge in [-0.2, -0.15) is 12.6 Å². The number of fused-ring (bicyclic) bond motifs is 5. The van der Waals surface area contributed by atoms with Crippen molar-refractivity contribution in [3.05, 3.63) is 235 Å². The summed E-state index contributed by atoms with van der Waals surface area (Å²) in [4.78, 5) is 59.1. The molecule has 0 aliphatic heterocycles. The summed E-state index contributed by atoms with van der Waals surface area (Å²) < 4.78 is 49.1. The Labute approximate surface area is 506 Å². The quantitative estimate of drug-likeness (QED) is 0.0624. The molecule has 0 aliphatic carbocycles. The van der Waals surface area contributed by atoms with E-state index in [-0.39, 0.29) is 18.1 Å². The minimum absolute atomic E-state index is 0.107. The Kier molecular flexibility index (Phi) is 17.9. The van der Waals surface area contributed by atoms with Crippen molar-refractivity contribution in [2.45, 2.75) is 30.8 Å². The Balaban J connectivity index is 0.000000114. The molecule has 5 aromatic carbocycles. The molecule has 10 aromatic heterocycles. The van der Waals surface area contributed by atoms with Gasteiger partial charge in [0.05, 0.1) is 73.3 Å². The largest absolute Gasteiger partial charge is 0.392 e. The number of aliphatic hydroxyl groups excluding tert-OH is 2. The van der Waals surface area contributed by atoms with Crippen LogP contribution in [0.15, 0.2) is 206 Å². The van der Waals surface area contributed by atoms with E-state index in [9.17, 15) is 27.4 Å². The lowest BCUT2D eigenvalue weighted by Crippen LogP contribution is -1.96. The number of aromatic nitrogens is 15. The van der Waals surface area contributed by atoms with Gasteiger partial charge in [-0.05, 0) is 144 Å². The van der Waals surface area contributed by atoms with Crippen LogP contribution in [0.3, 0.4) is 0 Å². The van der Waals surface area contributed by atoms with Crippen molar-refractivity contribution in [2.24, 2.45) is 0 Å². The maximum absolute atomic E-state index is 13.0. The highest BCUT2D eigenvalue weighted by atomic mass is 32.2. The molecule has 10 heterocycles. The fourth-order valence-electron chi connectivity index (χ4n) is 9.06. The lowest BCUT2D eigenvalue weighted by Gasteiger charge is -2.03. The second-order valence-corrected chi connectivity index (χ2v) is 22.1. The smallest absolute Gasteiger partial charge is 0.175 e. The van der Waals surface area contributed by atoms with Crippen LogP contribution in [0.4, 0.5) is 8.78 Å². The molecular weight excluding hydrogens is 1160 g/mol. The van der Waals surface area contributed by atoms with E-state index in [1.54, 1.807) is 73.4 Å². The number of benzene rings is 5. The predicted octanol–water partition coefficient (Wildman–Crippen LogP) is 12.5. The van der Waals surface area contributed by atoms with Crippen LogP contribution in [0, 0.1) is 18.6 Å². The molecule has 15 aromatic rings. The number of aryl methyl sites for hydroxylation is 1. The van der Waals surface area contributed by atoms with Gasteiger partial charge < -0.3 is 35.1 Å². The van der Waals surface area contributed by atoms with Crippen molar-refractivity contribution >= 4 is 77.6 Å². The number of hydrogen-bond donors (Lipinski definition) is 8. The fourth-order valence-corrected chi connectivity index (χ4v) is 9.91. The van der Waals surface area contributed by atoms with E-state index in [2.05, 4.69) is 113 Å². The van der Waals surface area contributed by atoms with Crippen molar-refractivity contribution in [1.82, 2.24) is 74.8 Å². The van der Waals surface area contributed by atoms with Crippen LogP contribution in [-0.4, -0.2) is 99.6 Å². The van der Waals surface area contributed by atoms with Crippen LogP contribution in [0.1, 0.15) is 22.3 Å². The number of imidazole rings is 5. The standard InChI is InChI=1S/C14H13N3O2.C13H11N3O2S.C13H11N3S.C13H11N3.C12H7F2N3/c18-7-9-5-12-13(6-10(9)8-19)17-14(16-12)11-3-1-2-4-15-11;1-19(17,18)9-5-6-10-12(8-9)16-13(15-10)11-4-2-3-7-14-11;17-8-9-4-5-10-12(7-9)16-13(15-10)11-3-1-2-6-14-11;1-9-5-6-10-12(8-9)16-13(15-10)11-4-2-3-7-14-11;13-7-5-10-11(6-8(7)14)17-12(16-10)9-3-1-2-4-15-9/h1-6,18-19H,7-8H2,(H,16,17);2-8H,1H3,(H,15,16);1-7,17H,8H2,(H,15,16);2-8H,1H3,(H,15,16);1-6H,(H,16,17). The minimum Gasteiger partial charge on any atom is -0.392 e. The van der Waals surface area contributed by atoms with Crippen molar-refractivity contribution in [2.75, 3.05) is 6.26 Å². The van der Waals surface area contributed by atoms with Gasteiger partial charge in [0.2, 0.25) is 0 Å². The number of halogens is 2. The van der Waals surface area contributed by atoms with E-state index in [0.717, 1.165) is 85.4 Å². The number of H-pyrrole nitrogens is 5. The van der Waals surface area contributed by atoms with Crippen molar-refractivity contribution < 1.29 is 27.4 Å². The number of aliphatic hydroxyl groups is 2. The number of thiol groups is 1. The topological polar surface area (TPSA) is 282 Å². The van der Waals surface area contributed by atoms with E-state index in [1.807, 2.05) is 97.1 Å². The zero-order valence-corrected chi connectivity index (χ0v) is 48.7. The molecule has 0 saturated carbocycles. The first-order valence-corrected chi connectivity index (χ1v) is 29.7. The molecule has 0 saturated heterocycles. The summed E-state index contributed by atoms with van der Waals surface area (Å²) in [5, 5.41) is 18.5. The van der Waals surface area contributed by atoms with Gasteiger partial charge >= 0.3 is 0 Å². The van der Waals surface area contributed by atoms with Crippen LogP contribution < -0.4 is 0 Å². The van der Waals surface area contributed by atoms with Gasteiger partial charge in [-0.3, -0.25) is 24.9 Å². The number of hydrogen-bond acceptors (Lipinski definition) is 15. The van der Waals surface area contributed by atoms with E-state index >= 15 is 0 Å². The normalized spacial score (nSPS) is 11.1. The third kappa shape index (κ3) is 14.0. The molecule has 0 amide bonds. The zero-order chi connectivity index (χ0) is 61.2. The van der Waals surface area contributed by atoms with Crippen LogP contribution in [0.5, 0.6) is 0 Å². The Morgan fingerprint density at radius 1 is 0.409 bits per heavy atom. The van der Waals surface area contributed by atoms with E-state index in [4.69, 9.17) is 0 Å². The highest BCUT2D eigenvalue weighted by Gasteiger charge is 2.14. The number of nitrogens with one attached hydrogen (secondary N) is 5. The molecular formula is C65H53F2N15O4S2. The molecule has 88 heavy (non-hydrogen) atoms. The summed E-state index contributed by atoms with van der Waals surface area (Å²) in [5.41, 5.74) is 15.4. The van der Waals surface area contributed by atoms with Crippen molar-refractivity contribution in [3.63, 3.8) is 0 Å². The van der Waals surface area contributed by atoms with Gasteiger partial charge in [-0.1, -0.05) is 42.5 Å².